The molecule has 0 aliphatic carbocycles. The fraction of sp³-hybridized carbons (Fsp3) is 0.188. The minimum absolute atomic E-state index is 0.157. The van der Waals surface area contributed by atoms with Crippen LogP contribution in [0.1, 0.15) is 76.9 Å². The van der Waals surface area contributed by atoms with E-state index in [1.54, 1.807) is 30.7 Å². The van der Waals surface area contributed by atoms with Crippen LogP contribution in [0.4, 0.5) is 11.6 Å². The predicted molar refractivity (Wildman–Crippen MR) is 321 cm³/mol. The summed E-state index contributed by atoms with van der Waals surface area (Å²) in [7, 11) is 0. The minimum Gasteiger partial charge on any atom is -0.478 e. The second-order valence-corrected chi connectivity index (χ2v) is 19.7. The third kappa shape index (κ3) is 18.4. The van der Waals surface area contributed by atoms with E-state index >= 15 is 0 Å². The van der Waals surface area contributed by atoms with Gasteiger partial charge in [-0.1, -0.05) is 108 Å². The smallest absolute Gasteiger partial charge is 0.335 e. The van der Waals surface area contributed by atoms with E-state index in [9.17, 15) is 9.59 Å². The number of nitrogens with one attached hydrogen (secondary N) is 3. The number of rotatable bonds is 21. The molecule has 0 bridgehead atoms. The predicted octanol–water partition coefficient (Wildman–Crippen LogP) is 12.2. The summed E-state index contributed by atoms with van der Waals surface area (Å²) >= 11 is 12.0. The van der Waals surface area contributed by atoms with Crippen LogP contribution in [0.3, 0.4) is 0 Å². The first-order valence-corrected chi connectivity index (χ1v) is 27.0. The van der Waals surface area contributed by atoms with E-state index in [1.807, 2.05) is 135 Å². The summed E-state index contributed by atoms with van der Waals surface area (Å²) in [5.74, 6) is 0.535. The fourth-order valence-corrected chi connectivity index (χ4v) is 8.79. The summed E-state index contributed by atoms with van der Waals surface area (Å²) in [6.45, 7) is 8.67. The SMILES string of the molecule is Cc1nc(NCCOCc2ccccc2)ccc1CN.Cc1nc(NCCOCc2ccccc2)ccc1CNC(=O)c1ccnc(Cc2ccc3ncc(Cl)cc3c2)c1.O=C(O)c1ccnc(Cc2ccc3ncc(Cl)cc3c2)c1. The van der Waals surface area contributed by atoms with Crippen LogP contribution in [0.2, 0.25) is 10.0 Å². The van der Waals surface area contributed by atoms with Crippen molar-refractivity contribution in [2.45, 2.75) is 53.0 Å². The van der Waals surface area contributed by atoms with E-state index in [1.165, 1.54) is 17.8 Å². The summed E-state index contributed by atoms with van der Waals surface area (Å²) in [6, 6.07) is 50.4. The average molecular weight is 1120 g/mol. The van der Waals surface area contributed by atoms with Gasteiger partial charge in [-0.2, -0.15) is 0 Å². The number of carboxylic acid groups (broad SMARTS) is 1. The maximum atomic E-state index is 12.9. The molecule has 81 heavy (non-hydrogen) atoms. The standard InChI is InChI=1S/C32H30ClN5O2.C16H11ClN2O2.C16H21N3O/c1-22-26(8-10-31(38-22)35-13-14-40-21-23-5-3-2-4-6-23)19-37-32(39)25-11-12-34-29(18-25)16-24-7-9-30-27(15-24)17-28(33)20-36-30;17-13-7-12-5-10(1-2-15(12)19-9-13)6-14-8-11(16(20)21)3-4-18-14;1-13-15(11-17)7-8-16(19-13)18-9-10-20-12-14-5-3-2-4-6-14/h2-12,15,17-18,20H,13-14,16,19,21H2,1H3,(H,35,38)(H,37,39);1-5,7-9H,6H2,(H,20,21);2-8H,9-12,17H2,1H3,(H,18,19). The monoisotopic (exact) mass is 1120 g/mol. The van der Waals surface area contributed by atoms with Crippen LogP contribution in [-0.2, 0) is 48.6 Å². The number of aromatic nitrogens is 6. The molecule has 17 heteroatoms. The zero-order valence-electron chi connectivity index (χ0n) is 45.0. The molecule has 10 aromatic rings. The summed E-state index contributed by atoms with van der Waals surface area (Å²) in [6.07, 6.45) is 7.59. The second-order valence-electron chi connectivity index (χ2n) is 18.8. The van der Waals surface area contributed by atoms with E-state index < -0.39 is 5.97 Å². The van der Waals surface area contributed by atoms with Crippen molar-refractivity contribution >= 4 is 68.5 Å². The van der Waals surface area contributed by atoms with Crippen molar-refractivity contribution < 1.29 is 24.2 Å². The molecule has 0 fully saturated rings. The molecule has 10 rings (SSSR count). The van der Waals surface area contributed by atoms with E-state index in [2.05, 4.69) is 64.1 Å². The number of ether oxygens (including phenoxy) is 2. The number of carbonyl (C=O) groups excluding carboxylic acids is 1. The number of amides is 1. The molecule has 1 amide bonds. The maximum Gasteiger partial charge on any atom is 0.335 e. The van der Waals surface area contributed by atoms with Crippen LogP contribution in [0.15, 0.2) is 183 Å². The molecule has 4 aromatic carbocycles. The highest BCUT2D eigenvalue weighted by atomic mass is 35.5. The van der Waals surface area contributed by atoms with Gasteiger partial charge in [-0.25, -0.2) is 14.8 Å². The number of benzene rings is 4. The molecule has 0 unspecified atom stereocenters. The Balaban J connectivity index is 0.000000176. The number of halogens is 2. The van der Waals surface area contributed by atoms with Crippen LogP contribution in [0, 0.1) is 13.8 Å². The van der Waals surface area contributed by atoms with E-state index in [4.69, 9.17) is 43.5 Å². The van der Waals surface area contributed by atoms with Gasteiger partial charge in [0.05, 0.1) is 53.1 Å². The Morgan fingerprint density at radius 3 is 1.51 bits per heavy atom. The van der Waals surface area contributed by atoms with Gasteiger partial charge >= 0.3 is 5.97 Å². The fourth-order valence-electron chi connectivity index (χ4n) is 8.46. The first-order chi connectivity index (χ1) is 39.4. The molecular formula is C64H62Cl2N10O5. The molecule has 0 saturated heterocycles. The third-order valence-corrected chi connectivity index (χ3v) is 13.1. The molecule has 0 spiro atoms. The molecule has 6 aromatic heterocycles. The second kappa shape index (κ2) is 30.0. The van der Waals surface area contributed by atoms with Crippen molar-refractivity contribution in [2.24, 2.45) is 5.73 Å². The van der Waals surface area contributed by atoms with Crippen molar-refractivity contribution in [3.05, 3.63) is 260 Å². The number of nitrogens with two attached hydrogens (primary N) is 1. The van der Waals surface area contributed by atoms with Gasteiger partial charge in [-0.15, -0.1) is 0 Å². The Morgan fingerprint density at radius 2 is 1.02 bits per heavy atom. The summed E-state index contributed by atoms with van der Waals surface area (Å²) < 4.78 is 11.3. The quantitative estimate of drug-likeness (QED) is 0.0424. The summed E-state index contributed by atoms with van der Waals surface area (Å²) in [5.41, 5.74) is 18.0. The first kappa shape index (κ1) is 58.4. The Hall–Kier alpha value is -8.70. The highest BCUT2D eigenvalue weighted by molar-refractivity contribution is 6.31. The molecule has 6 N–H and O–H groups in total. The number of carbonyl (C=O) groups is 2. The minimum atomic E-state index is -0.951. The van der Waals surface area contributed by atoms with Crippen molar-refractivity contribution in [3.63, 3.8) is 0 Å². The van der Waals surface area contributed by atoms with Crippen LogP contribution < -0.4 is 21.7 Å². The first-order valence-electron chi connectivity index (χ1n) is 26.3. The number of hydrogen-bond donors (Lipinski definition) is 5. The molecule has 0 aliphatic heterocycles. The van der Waals surface area contributed by atoms with Crippen molar-refractivity contribution in [1.82, 2.24) is 35.2 Å². The van der Waals surface area contributed by atoms with Gasteiger partial charge < -0.3 is 36.3 Å². The molecular weight excluding hydrogens is 1060 g/mol. The molecule has 0 aliphatic rings. The Labute approximate surface area is 481 Å². The van der Waals surface area contributed by atoms with Gasteiger partial charge in [-0.05, 0) is 120 Å². The number of fused-ring (bicyclic) bond motifs is 2. The summed E-state index contributed by atoms with van der Waals surface area (Å²) in [4.78, 5) is 50.2. The molecule has 412 valence electrons. The van der Waals surface area contributed by atoms with Crippen LogP contribution in [0.5, 0.6) is 0 Å². The number of nitrogens with zero attached hydrogens (tertiary/aromatic N) is 6. The maximum absolute atomic E-state index is 12.9. The number of anilines is 2. The average Bonchev–Trinajstić information content (AvgIpc) is 3.53. The largest absolute Gasteiger partial charge is 0.478 e. The molecule has 0 saturated carbocycles. The van der Waals surface area contributed by atoms with Gasteiger partial charge in [0.25, 0.3) is 5.91 Å². The lowest BCUT2D eigenvalue weighted by Crippen LogP contribution is -2.23. The lowest BCUT2D eigenvalue weighted by Gasteiger charge is -2.11. The highest BCUT2D eigenvalue weighted by Crippen LogP contribution is 2.22. The van der Waals surface area contributed by atoms with Gasteiger partial charge in [0, 0.05) is 103 Å². The van der Waals surface area contributed by atoms with Gasteiger partial charge in [0.1, 0.15) is 11.6 Å². The Morgan fingerprint density at radius 1 is 0.543 bits per heavy atom. The number of pyridine rings is 6. The van der Waals surface area contributed by atoms with Crippen LogP contribution in [-0.4, -0.2) is 73.2 Å². The summed E-state index contributed by atoms with van der Waals surface area (Å²) in [5, 5.41) is 21.6. The van der Waals surface area contributed by atoms with Crippen molar-refractivity contribution in [2.75, 3.05) is 36.9 Å². The van der Waals surface area contributed by atoms with Crippen molar-refractivity contribution in [1.29, 1.82) is 0 Å². The van der Waals surface area contributed by atoms with E-state index in [0.717, 1.165) is 84.9 Å². The van der Waals surface area contributed by atoms with Crippen LogP contribution >= 0.6 is 23.2 Å². The lowest BCUT2D eigenvalue weighted by atomic mass is 10.0. The zero-order chi connectivity index (χ0) is 56.8. The molecule has 0 radical (unpaired) electrons. The van der Waals surface area contributed by atoms with Crippen molar-refractivity contribution in [3.8, 4) is 0 Å². The molecule has 6 heterocycles. The van der Waals surface area contributed by atoms with Gasteiger partial charge in [0.15, 0.2) is 0 Å². The number of carboxylic acids is 1. The lowest BCUT2D eigenvalue weighted by molar-refractivity contribution is 0.0696. The van der Waals surface area contributed by atoms with Crippen LogP contribution in [0.25, 0.3) is 21.8 Å². The normalized spacial score (nSPS) is 10.8. The van der Waals surface area contributed by atoms with Gasteiger partial charge in [-0.3, -0.25) is 24.7 Å². The number of aromatic carboxylic acids is 1. The zero-order valence-corrected chi connectivity index (χ0v) is 46.5. The Bertz CT molecular complexity index is 3690. The van der Waals surface area contributed by atoms with Gasteiger partial charge in [0.2, 0.25) is 0 Å². The molecule has 0 atom stereocenters. The Kier molecular flexibility index (Phi) is 21.7. The topological polar surface area (TPSA) is 212 Å². The number of aryl methyl sites for hydroxylation is 2. The van der Waals surface area contributed by atoms with E-state index in [0.29, 0.717) is 80.2 Å². The third-order valence-electron chi connectivity index (χ3n) is 12.7. The molecule has 15 nitrogen and oxygen atoms in total. The van der Waals surface area contributed by atoms with E-state index in [-0.39, 0.29) is 11.5 Å². The highest BCUT2D eigenvalue weighted by Gasteiger charge is 2.11. The number of hydrogen-bond acceptors (Lipinski definition) is 13.